The van der Waals surface area contributed by atoms with Gasteiger partial charge in [-0.25, -0.2) is 0 Å². The number of benzene rings is 2. The van der Waals surface area contributed by atoms with Gasteiger partial charge in [-0.1, -0.05) is 17.7 Å². The van der Waals surface area contributed by atoms with Gasteiger partial charge in [-0.3, -0.25) is 4.99 Å². The molecule has 0 bridgehead atoms. The lowest BCUT2D eigenvalue weighted by Crippen LogP contribution is -1.90. The number of rotatable bonds is 4. The van der Waals surface area contributed by atoms with Crippen molar-refractivity contribution in [2.75, 3.05) is 7.11 Å². The fourth-order valence-electron chi connectivity index (χ4n) is 2.50. The molecule has 1 heterocycles. The van der Waals surface area contributed by atoms with E-state index in [0.717, 1.165) is 22.7 Å². The van der Waals surface area contributed by atoms with Crippen molar-refractivity contribution in [1.29, 1.82) is 0 Å². The molecule has 3 aromatic rings. The minimum atomic E-state index is 0.859. The first-order chi connectivity index (χ1) is 11.2. The number of methoxy groups -OCH3 is 1. The quantitative estimate of drug-likeness (QED) is 0.633. The normalized spacial score (nSPS) is 11.1. The summed E-state index contributed by atoms with van der Waals surface area (Å²) in [5.41, 5.74) is 5.62. The zero-order valence-electron chi connectivity index (χ0n) is 13.7. The molecule has 0 fully saturated rings. The van der Waals surface area contributed by atoms with E-state index in [1.54, 1.807) is 7.11 Å². The molecule has 3 rings (SSSR count). The fourth-order valence-corrected chi connectivity index (χ4v) is 2.50. The lowest BCUT2D eigenvalue weighted by molar-refractivity contribution is 0.415. The van der Waals surface area contributed by atoms with Crippen molar-refractivity contribution >= 4 is 11.9 Å². The summed E-state index contributed by atoms with van der Waals surface area (Å²) in [7, 11) is 1.67. The second-order valence-corrected chi connectivity index (χ2v) is 5.60. The highest BCUT2D eigenvalue weighted by Crippen LogP contribution is 2.20. The topological polar surface area (TPSA) is 26.5 Å². The van der Waals surface area contributed by atoms with E-state index in [-0.39, 0.29) is 0 Å². The molecule has 0 radical (unpaired) electrons. The number of aromatic nitrogens is 1. The van der Waals surface area contributed by atoms with Crippen LogP contribution in [0.15, 0.2) is 65.9 Å². The molecule has 3 nitrogen and oxygen atoms in total. The Morgan fingerprint density at radius 2 is 1.78 bits per heavy atom. The average Bonchev–Trinajstić information content (AvgIpc) is 3.03. The Morgan fingerprint density at radius 3 is 2.48 bits per heavy atom. The van der Waals surface area contributed by atoms with Gasteiger partial charge in [0.1, 0.15) is 5.75 Å². The molecular formula is C20H20N2O. The van der Waals surface area contributed by atoms with Gasteiger partial charge in [0.15, 0.2) is 0 Å². The molecule has 0 aliphatic heterocycles. The smallest absolute Gasteiger partial charge is 0.119 e. The van der Waals surface area contributed by atoms with E-state index in [1.807, 2.05) is 36.7 Å². The van der Waals surface area contributed by atoms with Gasteiger partial charge < -0.3 is 9.30 Å². The predicted molar refractivity (Wildman–Crippen MR) is 95.5 cm³/mol. The molecule has 0 aliphatic rings. The molecule has 23 heavy (non-hydrogen) atoms. The van der Waals surface area contributed by atoms with E-state index in [1.165, 1.54) is 11.1 Å². The molecule has 0 N–H and O–H groups in total. The number of nitrogens with zero attached hydrogens (tertiary/aromatic N) is 2. The predicted octanol–water partition coefficient (Wildman–Crippen LogP) is 4.85. The van der Waals surface area contributed by atoms with E-state index in [0.29, 0.717) is 0 Å². The average molecular weight is 304 g/mol. The zero-order chi connectivity index (χ0) is 16.2. The number of aryl methyl sites for hydroxylation is 2. The van der Waals surface area contributed by atoms with E-state index < -0.39 is 0 Å². The highest BCUT2D eigenvalue weighted by atomic mass is 16.5. The SMILES string of the molecule is COc1ccc(-n2ccc(C=Nc3ccc(C)cc3C)c2)cc1. The minimum Gasteiger partial charge on any atom is -0.497 e. The fraction of sp³-hybridized carbons (Fsp3) is 0.150. The maximum absolute atomic E-state index is 5.19. The van der Waals surface area contributed by atoms with E-state index in [4.69, 9.17) is 4.74 Å². The third kappa shape index (κ3) is 3.51. The minimum absolute atomic E-state index is 0.859. The summed E-state index contributed by atoms with van der Waals surface area (Å²) >= 11 is 0. The first kappa shape index (κ1) is 15.1. The number of aliphatic imine (C=N–C) groups is 1. The Morgan fingerprint density at radius 1 is 1.00 bits per heavy atom. The van der Waals surface area contributed by atoms with Crippen LogP contribution in [0.2, 0.25) is 0 Å². The van der Waals surface area contributed by atoms with Crippen LogP contribution < -0.4 is 4.74 Å². The summed E-state index contributed by atoms with van der Waals surface area (Å²) in [5, 5.41) is 0. The van der Waals surface area contributed by atoms with E-state index in [2.05, 4.69) is 53.9 Å². The van der Waals surface area contributed by atoms with Crippen molar-refractivity contribution in [3.8, 4) is 11.4 Å². The highest BCUT2D eigenvalue weighted by Gasteiger charge is 2.00. The Hall–Kier alpha value is -2.81. The summed E-state index contributed by atoms with van der Waals surface area (Å²) in [6.07, 6.45) is 6.00. The molecule has 0 spiro atoms. The number of hydrogen-bond acceptors (Lipinski definition) is 2. The van der Waals surface area contributed by atoms with Crippen LogP contribution in [0.4, 0.5) is 5.69 Å². The molecule has 116 valence electrons. The summed E-state index contributed by atoms with van der Waals surface area (Å²) in [4.78, 5) is 4.59. The second-order valence-electron chi connectivity index (χ2n) is 5.60. The Bertz CT molecular complexity index is 829. The zero-order valence-corrected chi connectivity index (χ0v) is 13.7. The molecule has 0 aliphatic carbocycles. The maximum atomic E-state index is 5.19. The molecule has 0 unspecified atom stereocenters. The van der Waals surface area contributed by atoms with Crippen LogP contribution in [-0.4, -0.2) is 17.9 Å². The summed E-state index contributed by atoms with van der Waals surface area (Å²) in [5.74, 6) is 0.859. The van der Waals surface area contributed by atoms with Gasteiger partial charge in [-0.2, -0.15) is 0 Å². The van der Waals surface area contributed by atoms with Crippen LogP contribution in [0, 0.1) is 13.8 Å². The Labute approximate surface area is 136 Å². The summed E-state index contributed by atoms with van der Waals surface area (Å²) < 4.78 is 7.26. The van der Waals surface area contributed by atoms with Crippen molar-refractivity contribution in [3.05, 3.63) is 77.6 Å². The van der Waals surface area contributed by atoms with Crippen molar-refractivity contribution in [2.45, 2.75) is 13.8 Å². The van der Waals surface area contributed by atoms with Crippen LogP contribution in [0.3, 0.4) is 0 Å². The molecule has 0 saturated carbocycles. The van der Waals surface area contributed by atoms with E-state index in [9.17, 15) is 0 Å². The van der Waals surface area contributed by atoms with Gasteiger partial charge in [-0.05, 0) is 55.8 Å². The molecule has 0 saturated heterocycles. The van der Waals surface area contributed by atoms with Gasteiger partial charge in [0.05, 0.1) is 12.8 Å². The van der Waals surface area contributed by atoms with Crippen molar-refractivity contribution < 1.29 is 4.74 Å². The molecular weight excluding hydrogens is 284 g/mol. The van der Waals surface area contributed by atoms with Crippen LogP contribution in [0.5, 0.6) is 5.75 Å². The van der Waals surface area contributed by atoms with Crippen LogP contribution >= 0.6 is 0 Å². The molecule has 3 heteroatoms. The Balaban J connectivity index is 1.79. The molecule has 2 aromatic carbocycles. The van der Waals surface area contributed by atoms with Gasteiger partial charge in [-0.15, -0.1) is 0 Å². The van der Waals surface area contributed by atoms with Crippen LogP contribution in [-0.2, 0) is 0 Å². The Kier molecular flexibility index (Phi) is 4.29. The monoisotopic (exact) mass is 304 g/mol. The van der Waals surface area contributed by atoms with Gasteiger partial charge in [0.2, 0.25) is 0 Å². The van der Waals surface area contributed by atoms with Gasteiger partial charge in [0.25, 0.3) is 0 Å². The number of ether oxygens (including phenoxy) is 1. The maximum Gasteiger partial charge on any atom is 0.119 e. The molecule has 0 amide bonds. The van der Waals surface area contributed by atoms with Gasteiger partial charge in [0, 0.05) is 29.9 Å². The third-order valence-corrected chi connectivity index (χ3v) is 3.79. The van der Waals surface area contributed by atoms with Crippen molar-refractivity contribution in [2.24, 2.45) is 4.99 Å². The first-order valence-corrected chi connectivity index (χ1v) is 7.59. The van der Waals surface area contributed by atoms with Gasteiger partial charge >= 0.3 is 0 Å². The highest BCUT2D eigenvalue weighted by molar-refractivity contribution is 5.82. The largest absolute Gasteiger partial charge is 0.497 e. The first-order valence-electron chi connectivity index (χ1n) is 7.59. The number of hydrogen-bond donors (Lipinski definition) is 0. The molecule has 1 aromatic heterocycles. The lowest BCUT2D eigenvalue weighted by atomic mass is 10.1. The molecule has 0 atom stereocenters. The van der Waals surface area contributed by atoms with E-state index >= 15 is 0 Å². The second kappa shape index (κ2) is 6.53. The third-order valence-electron chi connectivity index (χ3n) is 3.79. The van der Waals surface area contributed by atoms with Crippen LogP contribution in [0.1, 0.15) is 16.7 Å². The lowest BCUT2D eigenvalue weighted by Gasteiger charge is -2.04. The van der Waals surface area contributed by atoms with Crippen molar-refractivity contribution in [3.63, 3.8) is 0 Å². The van der Waals surface area contributed by atoms with Crippen LogP contribution in [0.25, 0.3) is 5.69 Å². The standard InChI is InChI=1S/C20H20N2O/c1-15-4-9-20(16(2)12-15)21-13-17-10-11-22(14-17)18-5-7-19(23-3)8-6-18/h4-14H,1-3H3. The summed E-state index contributed by atoms with van der Waals surface area (Å²) in [6.45, 7) is 4.18. The van der Waals surface area contributed by atoms with Crippen molar-refractivity contribution in [1.82, 2.24) is 4.57 Å². The summed E-state index contributed by atoms with van der Waals surface area (Å²) in [6, 6.07) is 16.3.